The zero-order chi connectivity index (χ0) is 15.5. The highest BCUT2D eigenvalue weighted by Gasteiger charge is 2.12. The number of amides is 1. The molecule has 110 valence electrons. The predicted octanol–water partition coefficient (Wildman–Crippen LogP) is 3.69. The van der Waals surface area contributed by atoms with E-state index in [4.69, 9.17) is 27.6 Å². The Morgan fingerprint density at radius 3 is 2.68 bits per heavy atom. The molecule has 1 N–H and O–H groups in total. The summed E-state index contributed by atoms with van der Waals surface area (Å²) in [4.78, 5) is 24.2. The first-order chi connectivity index (χ1) is 10.6. The fraction of sp³-hybridized carbons (Fsp3) is 0. The van der Waals surface area contributed by atoms with Crippen LogP contribution < -0.4 is 5.32 Å². The van der Waals surface area contributed by atoms with Crippen molar-refractivity contribution in [2.75, 3.05) is 5.32 Å². The van der Waals surface area contributed by atoms with Crippen molar-refractivity contribution in [2.24, 2.45) is 0 Å². The fourth-order valence-corrected chi connectivity index (χ4v) is 2.00. The number of hydrogen-bond donors (Lipinski definition) is 1. The van der Waals surface area contributed by atoms with Gasteiger partial charge in [-0.3, -0.25) is 10.1 Å². The SMILES string of the molecule is O=C(Nc1ncco1)c1ccnc(-c2ccc(Cl)c(Cl)c2)n1. The van der Waals surface area contributed by atoms with Gasteiger partial charge in [0.15, 0.2) is 5.82 Å². The predicted molar refractivity (Wildman–Crippen MR) is 81.9 cm³/mol. The third kappa shape index (κ3) is 3.08. The number of benzene rings is 1. The summed E-state index contributed by atoms with van der Waals surface area (Å²) in [6.07, 6.45) is 4.27. The topological polar surface area (TPSA) is 80.9 Å². The van der Waals surface area contributed by atoms with E-state index in [0.29, 0.717) is 21.4 Å². The second-order valence-electron chi connectivity index (χ2n) is 4.19. The van der Waals surface area contributed by atoms with Gasteiger partial charge >= 0.3 is 6.01 Å². The van der Waals surface area contributed by atoms with E-state index in [9.17, 15) is 4.79 Å². The van der Waals surface area contributed by atoms with E-state index in [1.54, 1.807) is 18.2 Å². The number of hydrogen-bond acceptors (Lipinski definition) is 5. The van der Waals surface area contributed by atoms with Gasteiger partial charge < -0.3 is 4.42 Å². The van der Waals surface area contributed by atoms with E-state index >= 15 is 0 Å². The molecule has 0 unspecified atom stereocenters. The number of aromatic nitrogens is 3. The summed E-state index contributed by atoms with van der Waals surface area (Å²) < 4.78 is 4.95. The van der Waals surface area contributed by atoms with Gasteiger partial charge in [0, 0.05) is 11.8 Å². The average Bonchev–Trinajstić information content (AvgIpc) is 3.03. The molecule has 3 aromatic rings. The fourth-order valence-electron chi connectivity index (χ4n) is 1.71. The van der Waals surface area contributed by atoms with E-state index in [-0.39, 0.29) is 11.7 Å². The number of oxazole rings is 1. The number of nitrogens with zero attached hydrogens (tertiary/aromatic N) is 3. The molecule has 1 aromatic carbocycles. The maximum atomic E-state index is 12.1. The van der Waals surface area contributed by atoms with Crippen LogP contribution in [-0.4, -0.2) is 20.9 Å². The first-order valence-corrected chi connectivity index (χ1v) is 6.88. The molecule has 0 radical (unpaired) electrons. The molecule has 8 heteroatoms. The minimum absolute atomic E-state index is 0.0969. The zero-order valence-corrected chi connectivity index (χ0v) is 12.5. The number of halogens is 2. The molecule has 0 bridgehead atoms. The van der Waals surface area contributed by atoms with Gasteiger partial charge in [0.2, 0.25) is 0 Å². The number of carbonyl (C=O) groups is 1. The lowest BCUT2D eigenvalue weighted by Gasteiger charge is -2.04. The van der Waals surface area contributed by atoms with Crippen LogP contribution in [0.3, 0.4) is 0 Å². The minimum atomic E-state index is -0.453. The summed E-state index contributed by atoms with van der Waals surface area (Å²) >= 11 is 11.8. The summed E-state index contributed by atoms with van der Waals surface area (Å²) in [6.45, 7) is 0. The van der Waals surface area contributed by atoms with Gasteiger partial charge in [-0.25, -0.2) is 15.0 Å². The van der Waals surface area contributed by atoms with Crippen molar-refractivity contribution >= 4 is 35.1 Å². The second kappa shape index (κ2) is 6.13. The Kier molecular flexibility index (Phi) is 4.04. The van der Waals surface area contributed by atoms with Crippen LogP contribution in [0.4, 0.5) is 6.01 Å². The van der Waals surface area contributed by atoms with Gasteiger partial charge in [0.25, 0.3) is 5.91 Å². The molecule has 1 amide bonds. The summed E-state index contributed by atoms with van der Waals surface area (Å²) in [5, 5.41) is 3.30. The Morgan fingerprint density at radius 1 is 1.09 bits per heavy atom. The van der Waals surface area contributed by atoms with Crippen molar-refractivity contribution in [3.8, 4) is 11.4 Å². The molecule has 0 saturated heterocycles. The van der Waals surface area contributed by atoms with Gasteiger partial charge in [-0.1, -0.05) is 23.2 Å². The van der Waals surface area contributed by atoms with Gasteiger partial charge in [-0.15, -0.1) is 0 Å². The molecule has 2 heterocycles. The number of anilines is 1. The minimum Gasteiger partial charge on any atom is -0.432 e. The lowest BCUT2D eigenvalue weighted by atomic mass is 10.2. The van der Waals surface area contributed by atoms with E-state index in [1.165, 1.54) is 24.7 Å². The van der Waals surface area contributed by atoms with Crippen molar-refractivity contribution in [2.45, 2.75) is 0 Å². The second-order valence-corrected chi connectivity index (χ2v) is 5.00. The summed E-state index contributed by atoms with van der Waals surface area (Å²) in [5.74, 6) is -0.0928. The number of nitrogens with one attached hydrogen (secondary N) is 1. The molecule has 0 fully saturated rings. The van der Waals surface area contributed by atoms with Crippen molar-refractivity contribution in [3.63, 3.8) is 0 Å². The highest BCUT2D eigenvalue weighted by Crippen LogP contribution is 2.26. The van der Waals surface area contributed by atoms with E-state index < -0.39 is 5.91 Å². The molecule has 0 aliphatic carbocycles. The van der Waals surface area contributed by atoms with E-state index in [1.807, 2.05) is 0 Å². The third-order valence-electron chi connectivity index (χ3n) is 2.72. The molecule has 2 aromatic heterocycles. The Bertz CT molecular complexity index is 821. The highest BCUT2D eigenvalue weighted by molar-refractivity contribution is 6.42. The molecular weight excluding hydrogens is 327 g/mol. The van der Waals surface area contributed by atoms with Gasteiger partial charge in [0.1, 0.15) is 12.0 Å². The smallest absolute Gasteiger partial charge is 0.301 e. The summed E-state index contributed by atoms with van der Waals surface area (Å²) in [7, 11) is 0. The molecule has 0 spiro atoms. The standard InChI is InChI=1S/C14H8Cl2N4O2/c15-9-2-1-8(7-10(9)16)12-17-4-3-11(19-12)13(21)20-14-18-5-6-22-14/h1-7H,(H,18,20,21). The van der Waals surface area contributed by atoms with Crippen molar-refractivity contribution in [1.82, 2.24) is 15.0 Å². The first-order valence-electron chi connectivity index (χ1n) is 6.13. The zero-order valence-electron chi connectivity index (χ0n) is 11.0. The first kappa shape index (κ1) is 14.5. The third-order valence-corrected chi connectivity index (χ3v) is 3.46. The average molecular weight is 335 g/mol. The van der Waals surface area contributed by atoms with Crippen molar-refractivity contribution in [3.05, 3.63) is 58.7 Å². The van der Waals surface area contributed by atoms with Crippen LogP contribution in [-0.2, 0) is 0 Å². The van der Waals surface area contributed by atoms with E-state index in [0.717, 1.165) is 0 Å². The highest BCUT2D eigenvalue weighted by atomic mass is 35.5. The van der Waals surface area contributed by atoms with Gasteiger partial charge in [-0.2, -0.15) is 0 Å². The maximum absolute atomic E-state index is 12.1. The monoisotopic (exact) mass is 334 g/mol. The Hall–Kier alpha value is -2.44. The molecule has 0 aliphatic rings. The van der Waals surface area contributed by atoms with Crippen molar-refractivity contribution < 1.29 is 9.21 Å². The summed E-state index contributed by atoms with van der Waals surface area (Å²) in [5.41, 5.74) is 0.828. The molecule has 0 aliphatic heterocycles. The van der Waals surface area contributed by atoms with Crippen molar-refractivity contribution in [1.29, 1.82) is 0 Å². The molecule has 0 saturated carbocycles. The Morgan fingerprint density at radius 2 is 1.95 bits per heavy atom. The van der Waals surface area contributed by atoms with Crippen LogP contribution in [0.1, 0.15) is 10.5 Å². The normalized spacial score (nSPS) is 10.5. The maximum Gasteiger partial charge on any atom is 0.301 e. The van der Waals surface area contributed by atoms with Crippen LogP contribution in [0.25, 0.3) is 11.4 Å². The van der Waals surface area contributed by atoms with E-state index in [2.05, 4.69) is 20.3 Å². The lowest BCUT2D eigenvalue weighted by molar-refractivity contribution is 0.101. The Labute approximate surface area is 135 Å². The molecule has 0 atom stereocenters. The molecule has 22 heavy (non-hydrogen) atoms. The lowest BCUT2D eigenvalue weighted by Crippen LogP contribution is -2.14. The van der Waals surface area contributed by atoms with Gasteiger partial charge in [0.05, 0.1) is 16.2 Å². The quantitative estimate of drug-likeness (QED) is 0.789. The largest absolute Gasteiger partial charge is 0.432 e. The molecular formula is C14H8Cl2N4O2. The van der Waals surface area contributed by atoms with Crippen LogP contribution in [0.15, 0.2) is 47.3 Å². The number of rotatable bonds is 3. The van der Waals surface area contributed by atoms with Gasteiger partial charge in [-0.05, 0) is 24.3 Å². The Balaban J connectivity index is 1.88. The van der Waals surface area contributed by atoms with Crippen LogP contribution in [0.5, 0.6) is 0 Å². The number of carbonyl (C=O) groups excluding carboxylic acids is 1. The molecule has 6 nitrogen and oxygen atoms in total. The van der Waals surface area contributed by atoms with Crippen LogP contribution >= 0.6 is 23.2 Å². The van der Waals surface area contributed by atoms with Crippen LogP contribution in [0, 0.1) is 0 Å². The molecule has 3 rings (SSSR count). The summed E-state index contributed by atoms with van der Waals surface area (Å²) in [6, 6.07) is 6.58. The van der Waals surface area contributed by atoms with Crippen LogP contribution in [0.2, 0.25) is 10.0 Å².